The molecule has 1 aliphatic heterocycles. The fourth-order valence-corrected chi connectivity index (χ4v) is 4.04. The molecule has 35 heavy (non-hydrogen) atoms. The third kappa shape index (κ3) is 6.29. The molecule has 4 rings (SSSR count). The van der Waals surface area contributed by atoms with E-state index >= 15 is 0 Å². The number of rotatable bonds is 7. The molecular weight excluding hydrogens is 492 g/mol. The molecule has 184 valence electrons. The largest absolute Gasteiger partial charge is 0.489 e. The summed E-state index contributed by atoms with van der Waals surface area (Å²) in [5.41, 5.74) is 1.02. The van der Waals surface area contributed by atoms with Gasteiger partial charge in [0, 0.05) is 41.0 Å². The van der Waals surface area contributed by atoms with Crippen molar-refractivity contribution in [3.05, 3.63) is 91.7 Å². The summed E-state index contributed by atoms with van der Waals surface area (Å²) in [7, 11) is 0. The molecule has 1 aromatic heterocycles. The minimum atomic E-state index is -0.802. The number of nitrogens with zero attached hydrogens (tertiary/aromatic N) is 1. The first-order valence-electron chi connectivity index (χ1n) is 11.0. The third-order valence-electron chi connectivity index (χ3n) is 5.59. The molecule has 2 aromatic carbocycles. The van der Waals surface area contributed by atoms with Gasteiger partial charge in [-0.25, -0.2) is 4.79 Å². The Morgan fingerprint density at radius 2 is 2.00 bits per heavy atom. The van der Waals surface area contributed by atoms with Crippen LogP contribution >= 0.6 is 23.8 Å². The van der Waals surface area contributed by atoms with Gasteiger partial charge in [-0.15, -0.1) is 0 Å². The zero-order chi connectivity index (χ0) is 24.9. The number of H-pyrrole nitrogens is 1. The average Bonchev–Trinajstić information content (AvgIpc) is 3.20. The van der Waals surface area contributed by atoms with E-state index in [1.54, 1.807) is 6.92 Å². The summed E-state index contributed by atoms with van der Waals surface area (Å²) < 4.78 is 12.9. The van der Waals surface area contributed by atoms with Gasteiger partial charge in [0.15, 0.2) is 5.11 Å². The van der Waals surface area contributed by atoms with Crippen LogP contribution in [-0.2, 0) is 11.3 Å². The number of anilines is 1. The second-order valence-electron chi connectivity index (χ2n) is 8.15. The fourth-order valence-electron chi connectivity index (χ4n) is 3.65. The third-order valence-corrected chi connectivity index (χ3v) is 6.20. The van der Waals surface area contributed by atoms with Crippen LogP contribution in [0.15, 0.2) is 64.3 Å². The Bertz CT molecular complexity index is 1310. The molecule has 1 fully saturated rings. The maximum atomic E-state index is 12.1. The normalized spacial score (nSPS) is 19.3. The van der Waals surface area contributed by atoms with Gasteiger partial charge in [-0.05, 0) is 49.5 Å². The number of aliphatic hydroxyl groups is 1. The van der Waals surface area contributed by atoms with Crippen LogP contribution in [0.3, 0.4) is 0 Å². The van der Waals surface area contributed by atoms with Gasteiger partial charge in [0.2, 0.25) is 0 Å². The Balaban J connectivity index is 1.26. The zero-order valence-electron chi connectivity index (χ0n) is 18.9. The Labute approximate surface area is 211 Å². The quantitative estimate of drug-likeness (QED) is 0.354. The van der Waals surface area contributed by atoms with Gasteiger partial charge in [-0.1, -0.05) is 29.8 Å². The Hall–Kier alpha value is -3.18. The van der Waals surface area contributed by atoms with Crippen LogP contribution in [0.4, 0.5) is 5.69 Å². The van der Waals surface area contributed by atoms with Crippen LogP contribution in [0.2, 0.25) is 5.02 Å². The van der Waals surface area contributed by atoms with E-state index in [4.69, 9.17) is 33.3 Å². The van der Waals surface area contributed by atoms with E-state index in [2.05, 4.69) is 15.6 Å². The number of nitrogens with one attached hydrogen (secondary N) is 3. The number of thiocarbonyl (C=S) groups is 1. The molecule has 3 aromatic rings. The number of hydrogen-bond donors (Lipinski definition) is 4. The topological polar surface area (TPSA) is 118 Å². The number of aliphatic hydroxyl groups excluding tert-OH is 1. The minimum Gasteiger partial charge on any atom is -0.489 e. The lowest BCUT2D eigenvalue weighted by Crippen LogP contribution is -2.39. The minimum absolute atomic E-state index is 0.216. The number of ether oxygens (including phenoxy) is 2. The molecule has 3 atom stereocenters. The number of benzene rings is 2. The van der Waals surface area contributed by atoms with Crippen molar-refractivity contribution in [3.8, 4) is 5.75 Å². The first-order chi connectivity index (χ1) is 16.8. The Kier molecular flexibility index (Phi) is 7.86. The SMILES string of the molecule is Cc1cn([C@@H]2C[C@H](O)[C@@H](CNC(=S)Nc3ccc(OCc4ccccc4Cl)cc3)O2)c(=O)[nH]c1=O. The second kappa shape index (κ2) is 11.0. The summed E-state index contributed by atoms with van der Waals surface area (Å²) in [5.74, 6) is 0.690. The lowest BCUT2D eigenvalue weighted by Gasteiger charge is -2.18. The molecule has 9 nitrogen and oxygen atoms in total. The van der Waals surface area contributed by atoms with E-state index in [1.165, 1.54) is 10.8 Å². The lowest BCUT2D eigenvalue weighted by molar-refractivity contribution is -0.0172. The van der Waals surface area contributed by atoms with Crippen LogP contribution in [0.5, 0.6) is 5.75 Å². The smallest absolute Gasteiger partial charge is 0.330 e. The molecule has 0 aliphatic carbocycles. The van der Waals surface area contributed by atoms with Crippen molar-refractivity contribution >= 4 is 34.6 Å². The van der Waals surface area contributed by atoms with E-state index in [0.717, 1.165) is 11.3 Å². The van der Waals surface area contributed by atoms with Crippen molar-refractivity contribution in [2.45, 2.75) is 38.4 Å². The highest BCUT2D eigenvalue weighted by Gasteiger charge is 2.35. The summed E-state index contributed by atoms with van der Waals surface area (Å²) in [6.45, 7) is 2.20. The Morgan fingerprint density at radius 1 is 1.26 bits per heavy atom. The maximum absolute atomic E-state index is 12.1. The van der Waals surface area contributed by atoms with Crippen molar-refractivity contribution in [2.75, 3.05) is 11.9 Å². The number of halogens is 1. The van der Waals surface area contributed by atoms with E-state index in [1.807, 2.05) is 48.5 Å². The van der Waals surface area contributed by atoms with Gasteiger partial charge in [-0.2, -0.15) is 0 Å². The van der Waals surface area contributed by atoms with Gasteiger partial charge < -0.3 is 25.2 Å². The predicted octanol–water partition coefficient (Wildman–Crippen LogP) is 2.71. The summed E-state index contributed by atoms with van der Waals surface area (Å²) in [6.07, 6.45) is -0.418. The Morgan fingerprint density at radius 3 is 2.74 bits per heavy atom. The molecule has 0 amide bonds. The van der Waals surface area contributed by atoms with Gasteiger partial charge >= 0.3 is 5.69 Å². The van der Waals surface area contributed by atoms with Crippen molar-refractivity contribution in [1.29, 1.82) is 0 Å². The van der Waals surface area contributed by atoms with Crippen molar-refractivity contribution in [3.63, 3.8) is 0 Å². The van der Waals surface area contributed by atoms with Crippen molar-refractivity contribution < 1.29 is 14.6 Å². The van der Waals surface area contributed by atoms with Gasteiger partial charge in [0.1, 0.15) is 24.7 Å². The van der Waals surface area contributed by atoms with Crippen LogP contribution in [0.1, 0.15) is 23.8 Å². The zero-order valence-corrected chi connectivity index (χ0v) is 20.4. The molecule has 1 saturated heterocycles. The van der Waals surface area contributed by atoms with E-state index in [-0.39, 0.29) is 13.0 Å². The number of aromatic amines is 1. The van der Waals surface area contributed by atoms with Gasteiger partial charge in [-0.3, -0.25) is 14.3 Å². The first kappa shape index (κ1) is 24.9. The lowest BCUT2D eigenvalue weighted by atomic mass is 10.2. The second-order valence-corrected chi connectivity index (χ2v) is 8.97. The van der Waals surface area contributed by atoms with Crippen LogP contribution in [-0.4, -0.2) is 38.5 Å². The van der Waals surface area contributed by atoms with Crippen LogP contribution in [0, 0.1) is 6.92 Å². The molecule has 0 bridgehead atoms. The summed E-state index contributed by atoms with van der Waals surface area (Å²) in [5, 5.41) is 17.5. The molecule has 0 radical (unpaired) electrons. The van der Waals surface area contributed by atoms with Crippen molar-refractivity contribution in [1.82, 2.24) is 14.9 Å². The summed E-state index contributed by atoms with van der Waals surface area (Å²) >= 11 is 11.5. The monoisotopic (exact) mass is 516 g/mol. The highest BCUT2D eigenvalue weighted by molar-refractivity contribution is 7.80. The number of aromatic nitrogens is 2. The molecule has 0 spiro atoms. The molecule has 0 saturated carbocycles. The first-order valence-corrected chi connectivity index (χ1v) is 11.8. The van der Waals surface area contributed by atoms with Crippen LogP contribution in [0.25, 0.3) is 0 Å². The summed E-state index contributed by atoms with van der Waals surface area (Å²) in [4.78, 5) is 25.9. The molecule has 0 unspecified atom stereocenters. The van der Waals surface area contributed by atoms with E-state index < -0.39 is 29.7 Å². The standard InChI is InChI=1S/C24H25ClN4O5S/c1-14-12-29(24(32)28-22(14)31)21-10-19(30)20(34-21)11-26-23(35)27-16-6-8-17(9-7-16)33-13-15-4-2-3-5-18(15)25/h2-9,12,19-21,30H,10-11,13H2,1H3,(H2,26,27,35)(H,28,31,32)/t19-,20+,21-/m0/s1. The predicted molar refractivity (Wildman–Crippen MR) is 137 cm³/mol. The highest BCUT2D eigenvalue weighted by atomic mass is 35.5. The molecule has 11 heteroatoms. The molecule has 1 aliphatic rings. The van der Waals surface area contributed by atoms with Gasteiger partial charge in [0.05, 0.1) is 6.10 Å². The maximum Gasteiger partial charge on any atom is 0.330 e. The van der Waals surface area contributed by atoms with Gasteiger partial charge in [0.25, 0.3) is 5.56 Å². The number of aryl methyl sites for hydroxylation is 1. The number of hydrogen-bond acceptors (Lipinski definition) is 6. The molecular formula is C24H25ClN4O5S. The van der Waals surface area contributed by atoms with Crippen LogP contribution < -0.4 is 26.6 Å². The fraction of sp³-hybridized carbons (Fsp3) is 0.292. The molecule has 2 heterocycles. The summed E-state index contributed by atoms with van der Waals surface area (Å²) in [6, 6.07) is 14.8. The van der Waals surface area contributed by atoms with Crippen molar-refractivity contribution in [2.24, 2.45) is 0 Å². The van der Waals surface area contributed by atoms with E-state index in [0.29, 0.717) is 28.1 Å². The molecule has 4 N–H and O–H groups in total. The van der Waals surface area contributed by atoms with E-state index in [9.17, 15) is 14.7 Å². The average molecular weight is 517 g/mol. The highest BCUT2D eigenvalue weighted by Crippen LogP contribution is 2.27.